The number of aryl methyl sites for hydroxylation is 2. The van der Waals surface area contributed by atoms with Crippen molar-refractivity contribution in [1.29, 1.82) is 0 Å². The zero-order chi connectivity index (χ0) is 21.9. The van der Waals surface area contributed by atoms with Crippen LogP contribution in [0.15, 0.2) is 65.6 Å². The van der Waals surface area contributed by atoms with Crippen LogP contribution in [0.25, 0.3) is 0 Å². The fourth-order valence-corrected chi connectivity index (χ4v) is 3.83. The first-order valence-electron chi connectivity index (χ1n) is 8.96. The summed E-state index contributed by atoms with van der Waals surface area (Å²) in [6.07, 6.45) is 0. The van der Waals surface area contributed by atoms with E-state index in [9.17, 15) is 13.2 Å². The lowest BCUT2D eigenvalue weighted by molar-refractivity contribution is 0.102. The van der Waals surface area contributed by atoms with Crippen molar-refractivity contribution < 1.29 is 22.1 Å². The molecule has 3 aromatic rings. The van der Waals surface area contributed by atoms with Crippen LogP contribution in [0.4, 0.5) is 5.69 Å². The van der Waals surface area contributed by atoms with Gasteiger partial charge in [0.1, 0.15) is 16.4 Å². The Morgan fingerprint density at radius 1 is 0.933 bits per heavy atom. The summed E-state index contributed by atoms with van der Waals surface area (Å²) in [6, 6.07) is 15.7. The van der Waals surface area contributed by atoms with Crippen molar-refractivity contribution in [3.8, 4) is 11.5 Å². The fraction of sp³-hybridized carbons (Fsp3) is 0.136. The van der Waals surface area contributed by atoms with Crippen LogP contribution in [0.5, 0.6) is 11.5 Å². The first-order valence-corrected chi connectivity index (χ1v) is 10.7. The molecule has 1 N–H and O–H groups in total. The molecule has 156 valence electrons. The van der Waals surface area contributed by atoms with Crippen LogP contribution < -0.4 is 14.2 Å². The maximum Gasteiger partial charge on any atom is 0.339 e. The number of nitrogens with one attached hydrogen (secondary N) is 1. The summed E-state index contributed by atoms with van der Waals surface area (Å²) >= 11 is 5.81. The average Bonchev–Trinajstić information content (AvgIpc) is 2.72. The van der Waals surface area contributed by atoms with Crippen LogP contribution >= 0.6 is 11.6 Å². The van der Waals surface area contributed by atoms with Crippen LogP contribution in [0.1, 0.15) is 21.5 Å². The highest BCUT2D eigenvalue weighted by molar-refractivity contribution is 7.87. The first-order chi connectivity index (χ1) is 14.2. The predicted octanol–water partition coefficient (Wildman–Crippen LogP) is 4.99. The number of hydrogen-bond acceptors (Lipinski definition) is 5. The Bertz CT molecular complexity index is 1170. The zero-order valence-corrected chi connectivity index (χ0v) is 18.2. The van der Waals surface area contributed by atoms with Crippen molar-refractivity contribution in [2.45, 2.75) is 18.7 Å². The number of anilines is 1. The Kier molecular flexibility index (Phi) is 6.34. The van der Waals surface area contributed by atoms with Gasteiger partial charge in [0.2, 0.25) is 0 Å². The molecule has 6 nitrogen and oxygen atoms in total. The average molecular weight is 446 g/mol. The van der Waals surface area contributed by atoms with Gasteiger partial charge in [-0.15, -0.1) is 0 Å². The summed E-state index contributed by atoms with van der Waals surface area (Å²) in [6.45, 7) is 3.46. The molecule has 3 aromatic carbocycles. The molecule has 30 heavy (non-hydrogen) atoms. The summed E-state index contributed by atoms with van der Waals surface area (Å²) in [5.74, 6) is 0.550. The number of benzene rings is 3. The van der Waals surface area contributed by atoms with E-state index in [4.69, 9.17) is 20.5 Å². The molecule has 3 rings (SSSR count). The molecule has 1 amide bonds. The van der Waals surface area contributed by atoms with Crippen LogP contribution in [0.3, 0.4) is 0 Å². The quantitative estimate of drug-likeness (QED) is 0.541. The molecule has 0 aromatic heterocycles. The molecule has 0 aliphatic carbocycles. The predicted molar refractivity (Wildman–Crippen MR) is 116 cm³/mol. The van der Waals surface area contributed by atoms with E-state index in [0.717, 1.165) is 0 Å². The molecular weight excluding hydrogens is 426 g/mol. The topological polar surface area (TPSA) is 81.7 Å². The second kappa shape index (κ2) is 8.77. The van der Waals surface area contributed by atoms with Gasteiger partial charge >= 0.3 is 10.1 Å². The number of amides is 1. The smallest absolute Gasteiger partial charge is 0.339 e. The molecule has 0 spiro atoms. The van der Waals surface area contributed by atoms with Crippen molar-refractivity contribution in [3.63, 3.8) is 0 Å². The largest absolute Gasteiger partial charge is 0.497 e. The van der Waals surface area contributed by atoms with Gasteiger partial charge in [0.05, 0.1) is 7.11 Å². The van der Waals surface area contributed by atoms with Crippen molar-refractivity contribution in [2.24, 2.45) is 0 Å². The highest BCUT2D eigenvalue weighted by atomic mass is 35.5. The molecule has 0 heterocycles. The highest BCUT2D eigenvalue weighted by Crippen LogP contribution is 2.29. The van der Waals surface area contributed by atoms with Crippen LogP contribution in [-0.2, 0) is 10.1 Å². The fourth-order valence-electron chi connectivity index (χ4n) is 2.72. The third kappa shape index (κ3) is 4.93. The van der Waals surface area contributed by atoms with E-state index in [1.54, 1.807) is 57.4 Å². The Labute approximate surface area is 180 Å². The lowest BCUT2D eigenvalue weighted by atomic mass is 10.1. The van der Waals surface area contributed by atoms with E-state index in [1.165, 1.54) is 24.3 Å². The molecule has 0 unspecified atom stereocenters. The third-order valence-electron chi connectivity index (χ3n) is 4.42. The summed E-state index contributed by atoms with van der Waals surface area (Å²) in [5.41, 5.74) is 2.25. The number of carbonyl (C=O) groups excluding carboxylic acids is 1. The van der Waals surface area contributed by atoms with Gasteiger partial charge in [-0.05, 0) is 85.6 Å². The minimum Gasteiger partial charge on any atom is -0.497 e. The standard InChI is InChI=1S/C22H20ClNO5S/c1-14-13-21(29-30(26,27)19-10-6-17(23)7-11-19)15(2)12-20(14)24-22(25)16-4-8-18(28-3)9-5-16/h4-13H,1-3H3,(H,24,25). The Morgan fingerprint density at radius 3 is 2.17 bits per heavy atom. The van der Waals surface area contributed by atoms with Crippen molar-refractivity contribution in [1.82, 2.24) is 0 Å². The van der Waals surface area contributed by atoms with E-state index in [0.29, 0.717) is 33.1 Å². The van der Waals surface area contributed by atoms with E-state index < -0.39 is 10.1 Å². The van der Waals surface area contributed by atoms with Crippen molar-refractivity contribution in [2.75, 3.05) is 12.4 Å². The number of hydrogen-bond donors (Lipinski definition) is 1. The molecule has 0 aliphatic heterocycles. The third-order valence-corrected chi connectivity index (χ3v) is 5.92. The van der Waals surface area contributed by atoms with Gasteiger partial charge < -0.3 is 14.2 Å². The Hall–Kier alpha value is -3.03. The second-order valence-electron chi connectivity index (χ2n) is 6.61. The molecular formula is C22H20ClNO5S. The van der Waals surface area contributed by atoms with Gasteiger partial charge in [-0.2, -0.15) is 8.42 Å². The number of rotatable bonds is 6. The first kappa shape index (κ1) is 21.7. The Balaban J connectivity index is 1.81. The molecule has 0 atom stereocenters. The number of carbonyl (C=O) groups is 1. The van der Waals surface area contributed by atoms with E-state index in [-0.39, 0.29) is 16.6 Å². The minimum atomic E-state index is -4.01. The summed E-state index contributed by atoms with van der Waals surface area (Å²) in [7, 11) is -2.46. The van der Waals surface area contributed by atoms with Gasteiger partial charge in [-0.25, -0.2) is 0 Å². The minimum absolute atomic E-state index is 0.000776. The number of methoxy groups -OCH3 is 1. The maximum atomic E-state index is 12.5. The molecule has 0 saturated carbocycles. The van der Waals surface area contributed by atoms with E-state index in [2.05, 4.69) is 5.32 Å². The van der Waals surface area contributed by atoms with Gasteiger partial charge in [0.25, 0.3) is 5.91 Å². The number of halogens is 1. The SMILES string of the molecule is COc1ccc(C(=O)Nc2cc(C)c(OS(=O)(=O)c3ccc(Cl)cc3)cc2C)cc1. The van der Waals surface area contributed by atoms with Gasteiger partial charge in [-0.3, -0.25) is 4.79 Å². The summed E-state index contributed by atoms with van der Waals surface area (Å²) in [5, 5.41) is 3.26. The van der Waals surface area contributed by atoms with Crippen LogP contribution in [-0.4, -0.2) is 21.4 Å². The summed E-state index contributed by atoms with van der Waals surface area (Å²) < 4.78 is 35.5. The molecule has 0 aliphatic rings. The highest BCUT2D eigenvalue weighted by Gasteiger charge is 2.19. The lowest BCUT2D eigenvalue weighted by Gasteiger charge is -2.14. The maximum absolute atomic E-state index is 12.5. The van der Waals surface area contributed by atoms with E-state index >= 15 is 0 Å². The summed E-state index contributed by atoms with van der Waals surface area (Å²) in [4.78, 5) is 12.5. The van der Waals surface area contributed by atoms with Crippen molar-refractivity contribution >= 4 is 33.3 Å². The lowest BCUT2D eigenvalue weighted by Crippen LogP contribution is -2.14. The van der Waals surface area contributed by atoms with Gasteiger partial charge in [0, 0.05) is 16.3 Å². The molecule has 0 fully saturated rings. The Morgan fingerprint density at radius 2 is 1.57 bits per heavy atom. The van der Waals surface area contributed by atoms with Crippen LogP contribution in [0, 0.1) is 13.8 Å². The normalized spacial score (nSPS) is 11.1. The van der Waals surface area contributed by atoms with Crippen molar-refractivity contribution in [3.05, 3.63) is 82.4 Å². The monoisotopic (exact) mass is 445 g/mol. The van der Waals surface area contributed by atoms with Gasteiger partial charge in [0.15, 0.2) is 0 Å². The molecule has 8 heteroatoms. The van der Waals surface area contributed by atoms with Crippen LogP contribution in [0.2, 0.25) is 5.02 Å². The van der Waals surface area contributed by atoms with E-state index in [1.807, 2.05) is 0 Å². The molecule has 0 saturated heterocycles. The van der Waals surface area contributed by atoms with Gasteiger partial charge in [-0.1, -0.05) is 11.6 Å². The zero-order valence-electron chi connectivity index (χ0n) is 16.6. The molecule has 0 bridgehead atoms. The number of ether oxygens (including phenoxy) is 1. The molecule has 0 radical (unpaired) electrons. The second-order valence-corrected chi connectivity index (χ2v) is 8.59.